The van der Waals surface area contributed by atoms with Gasteiger partial charge in [-0.15, -0.1) is 0 Å². The van der Waals surface area contributed by atoms with Crippen LogP contribution < -0.4 is 5.32 Å². The third-order valence-corrected chi connectivity index (χ3v) is 3.35. The van der Waals surface area contributed by atoms with E-state index < -0.39 is 0 Å². The molecule has 1 aromatic carbocycles. The van der Waals surface area contributed by atoms with Crippen LogP contribution in [0.25, 0.3) is 0 Å². The van der Waals surface area contributed by atoms with E-state index in [1.165, 1.54) is 31.5 Å². The Morgan fingerprint density at radius 1 is 1.29 bits per heavy atom. The van der Waals surface area contributed by atoms with Gasteiger partial charge >= 0.3 is 0 Å². The molecule has 0 saturated carbocycles. The molecule has 3 heteroatoms. The van der Waals surface area contributed by atoms with Crippen LogP contribution >= 0.6 is 0 Å². The summed E-state index contributed by atoms with van der Waals surface area (Å²) in [4.78, 5) is 2.49. The SMILES string of the molecule is Cc1ccc(O)c(CNCCN2CCCC2)c1. The van der Waals surface area contributed by atoms with Crippen LogP contribution in [0.5, 0.6) is 5.75 Å². The van der Waals surface area contributed by atoms with E-state index >= 15 is 0 Å². The lowest BCUT2D eigenvalue weighted by molar-refractivity contribution is 0.335. The molecule has 2 rings (SSSR count). The minimum Gasteiger partial charge on any atom is -0.508 e. The third kappa shape index (κ3) is 3.72. The highest BCUT2D eigenvalue weighted by Gasteiger charge is 2.10. The highest BCUT2D eigenvalue weighted by molar-refractivity contribution is 5.35. The molecule has 1 saturated heterocycles. The van der Waals surface area contributed by atoms with Gasteiger partial charge in [-0.1, -0.05) is 17.7 Å². The monoisotopic (exact) mass is 234 g/mol. The molecule has 0 spiro atoms. The number of aromatic hydroxyl groups is 1. The first-order valence-electron chi connectivity index (χ1n) is 6.47. The standard InChI is InChI=1S/C14H22N2O/c1-12-4-5-14(17)13(10-12)11-15-6-9-16-7-2-3-8-16/h4-5,10,15,17H,2-3,6-9,11H2,1H3. The fourth-order valence-corrected chi connectivity index (χ4v) is 2.32. The fraction of sp³-hybridized carbons (Fsp3) is 0.571. The maximum atomic E-state index is 9.70. The molecule has 17 heavy (non-hydrogen) atoms. The lowest BCUT2D eigenvalue weighted by atomic mass is 10.1. The number of nitrogens with one attached hydrogen (secondary N) is 1. The summed E-state index contributed by atoms with van der Waals surface area (Å²) in [6, 6.07) is 5.74. The quantitative estimate of drug-likeness (QED) is 0.764. The van der Waals surface area contributed by atoms with E-state index in [9.17, 15) is 5.11 Å². The summed E-state index contributed by atoms with van der Waals surface area (Å²) in [6.07, 6.45) is 2.69. The number of likely N-dealkylation sites (tertiary alicyclic amines) is 1. The molecule has 0 radical (unpaired) electrons. The lowest BCUT2D eigenvalue weighted by Crippen LogP contribution is -2.29. The molecule has 94 valence electrons. The second-order valence-electron chi connectivity index (χ2n) is 4.86. The van der Waals surface area contributed by atoms with Crippen molar-refractivity contribution in [3.63, 3.8) is 0 Å². The predicted octanol–water partition coefficient (Wildman–Crippen LogP) is 1.89. The molecule has 0 aliphatic carbocycles. The van der Waals surface area contributed by atoms with Crippen LogP contribution in [0.15, 0.2) is 18.2 Å². The molecule has 0 bridgehead atoms. The summed E-state index contributed by atoms with van der Waals surface area (Å²) >= 11 is 0. The molecule has 2 N–H and O–H groups in total. The van der Waals surface area contributed by atoms with Gasteiger partial charge in [0, 0.05) is 25.2 Å². The van der Waals surface area contributed by atoms with E-state index in [0.29, 0.717) is 5.75 Å². The maximum Gasteiger partial charge on any atom is 0.120 e. The van der Waals surface area contributed by atoms with Gasteiger partial charge in [0.15, 0.2) is 0 Å². The Bertz CT molecular complexity index is 359. The summed E-state index contributed by atoms with van der Waals surface area (Å²) in [5, 5.41) is 13.1. The van der Waals surface area contributed by atoms with Crippen LogP contribution in [0.2, 0.25) is 0 Å². The van der Waals surface area contributed by atoms with E-state index in [0.717, 1.165) is 25.2 Å². The molecule has 0 aromatic heterocycles. The van der Waals surface area contributed by atoms with Gasteiger partial charge in [-0.3, -0.25) is 0 Å². The van der Waals surface area contributed by atoms with Crippen molar-refractivity contribution in [2.24, 2.45) is 0 Å². The third-order valence-electron chi connectivity index (χ3n) is 3.35. The van der Waals surface area contributed by atoms with Crippen molar-refractivity contribution >= 4 is 0 Å². The molecule has 1 aliphatic rings. The molecule has 3 nitrogen and oxygen atoms in total. The number of rotatable bonds is 5. The Labute approximate surface area is 103 Å². The Morgan fingerprint density at radius 2 is 2.06 bits per heavy atom. The molecule has 1 heterocycles. The molecule has 0 unspecified atom stereocenters. The predicted molar refractivity (Wildman–Crippen MR) is 70.2 cm³/mol. The Hall–Kier alpha value is -1.06. The van der Waals surface area contributed by atoms with Gasteiger partial charge in [-0.25, -0.2) is 0 Å². The summed E-state index contributed by atoms with van der Waals surface area (Å²) in [5.74, 6) is 0.393. The van der Waals surface area contributed by atoms with Crippen molar-refractivity contribution in [1.29, 1.82) is 0 Å². The molecule has 1 fully saturated rings. The second-order valence-corrected chi connectivity index (χ2v) is 4.86. The van der Waals surface area contributed by atoms with Gasteiger partial charge < -0.3 is 15.3 Å². The normalized spacial score (nSPS) is 16.5. The summed E-state index contributed by atoms with van der Waals surface area (Å²) < 4.78 is 0. The summed E-state index contributed by atoms with van der Waals surface area (Å²) in [6.45, 7) is 7.41. The van der Waals surface area contributed by atoms with Gasteiger partial charge in [0.05, 0.1) is 0 Å². The summed E-state index contributed by atoms with van der Waals surface area (Å²) in [7, 11) is 0. The number of aryl methyl sites for hydroxylation is 1. The molecule has 0 atom stereocenters. The van der Waals surface area contributed by atoms with Crippen molar-refractivity contribution in [2.75, 3.05) is 26.2 Å². The van der Waals surface area contributed by atoms with Crippen molar-refractivity contribution in [1.82, 2.24) is 10.2 Å². The first-order valence-corrected chi connectivity index (χ1v) is 6.47. The number of hydrogen-bond acceptors (Lipinski definition) is 3. The number of phenolic OH excluding ortho intramolecular Hbond substituents is 1. The molecule has 1 aliphatic heterocycles. The van der Waals surface area contributed by atoms with Crippen LogP contribution in [0, 0.1) is 6.92 Å². The van der Waals surface area contributed by atoms with Crippen LogP contribution in [0.1, 0.15) is 24.0 Å². The van der Waals surface area contributed by atoms with Crippen LogP contribution in [-0.4, -0.2) is 36.2 Å². The molecule has 1 aromatic rings. The highest BCUT2D eigenvalue weighted by Crippen LogP contribution is 2.17. The first kappa shape index (κ1) is 12.4. The van der Waals surface area contributed by atoms with Gasteiger partial charge in [0.1, 0.15) is 5.75 Å². The lowest BCUT2D eigenvalue weighted by Gasteiger charge is -2.15. The number of hydrogen-bond donors (Lipinski definition) is 2. The van der Waals surface area contributed by atoms with Crippen molar-refractivity contribution in [2.45, 2.75) is 26.3 Å². The minimum atomic E-state index is 0.393. The largest absolute Gasteiger partial charge is 0.508 e. The Balaban J connectivity index is 1.72. The van der Waals surface area contributed by atoms with Crippen molar-refractivity contribution in [3.8, 4) is 5.75 Å². The number of nitrogens with zero attached hydrogens (tertiary/aromatic N) is 1. The number of benzene rings is 1. The topological polar surface area (TPSA) is 35.5 Å². The molecular formula is C14H22N2O. The zero-order chi connectivity index (χ0) is 12.1. The average molecular weight is 234 g/mol. The Kier molecular flexibility index (Phi) is 4.40. The zero-order valence-corrected chi connectivity index (χ0v) is 10.6. The minimum absolute atomic E-state index is 0.393. The average Bonchev–Trinajstić information content (AvgIpc) is 2.82. The van der Waals surface area contributed by atoms with Crippen molar-refractivity contribution < 1.29 is 5.11 Å². The van der Waals surface area contributed by atoms with E-state index in [2.05, 4.69) is 10.2 Å². The van der Waals surface area contributed by atoms with Crippen LogP contribution in [-0.2, 0) is 6.54 Å². The van der Waals surface area contributed by atoms with E-state index in [1.807, 2.05) is 19.1 Å². The summed E-state index contributed by atoms with van der Waals surface area (Å²) in [5.41, 5.74) is 2.19. The van der Waals surface area contributed by atoms with Crippen molar-refractivity contribution in [3.05, 3.63) is 29.3 Å². The van der Waals surface area contributed by atoms with Gasteiger partial charge in [-0.2, -0.15) is 0 Å². The fourth-order valence-electron chi connectivity index (χ4n) is 2.32. The molecular weight excluding hydrogens is 212 g/mol. The molecule has 0 amide bonds. The van der Waals surface area contributed by atoms with Crippen LogP contribution in [0.3, 0.4) is 0 Å². The van der Waals surface area contributed by atoms with Crippen LogP contribution in [0.4, 0.5) is 0 Å². The number of phenols is 1. The van der Waals surface area contributed by atoms with Gasteiger partial charge in [0.25, 0.3) is 0 Å². The second kappa shape index (κ2) is 6.03. The van der Waals surface area contributed by atoms with E-state index in [4.69, 9.17) is 0 Å². The van der Waals surface area contributed by atoms with E-state index in [-0.39, 0.29) is 0 Å². The Morgan fingerprint density at radius 3 is 2.82 bits per heavy atom. The van der Waals surface area contributed by atoms with E-state index in [1.54, 1.807) is 6.07 Å². The van der Waals surface area contributed by atoms with Gasteiger partial charge in [0.2, 0.25) is 0 Å². The zero-order valence-electron chi connectivity index (χ0n) is 10.6. The first-order chi connectivity index (χ1) is 8.25. The highest BCUT2D eigenvalue weighted by atomic mass is 16.3. The maximum absolute atomic E-state index is 9.70. The van der Waals surface area contributed by atoms with Gasteiger partial charge in [-0.05, 0) is 38.9 Å². The smallest absolute Gasteiger partial charge is 0.120 e.